The predicted molar refractivity (Wildman–Crippen MR) is 121 cm³/mol. The molecule has 1 saturated heterocycles. The summed E-state index contributed by atoms with van der Waals surface area (Å²) in [5, 5.41) is 3.04. The summed E-state index contributed by atoms with van der Waals surface area (Å²) in [5.41, 5.74) is 3.05. The third-order valence-electron chi connectivity index (χ3n) is 5.77. The first-order valence-corrected chi connectivity index (χ1v) is 10.7. The molecule has 1 aromatic carbocycles. The first-order chi connectivity index (χ1) is 15.1. The second kappa shape index (κ2) is 9.55. The van der Waals surface area contributed by atoms with Crippen LogP contribution in [0.15, 0.2) is 59.7 Å². The Kier molecular flexibility index (Phi) is 6.40. The van der Waals surface area contributed by atoms with Gasteiger partial charge in [-0.05, 0) is 49.9 Å². The number of hydrogen-bond acceptors (Lipinski definition) is 5. The van der Waals surface area contributed by atoms with Crippen LogP contribution in [0, 0.1) is 12.8 Å². The monoisotopic (exact) mass is 417 g/mol. The lowest BCUT2D eigenvalue weighted by molar-refractivity contribution is -0.121. The van der Waals surface area contributed by atoms with Crippen molar-refractivity contribution in [2.45, 2.75) is 26.2 Å². The summed E-state index contributed by atoms with van der Waals surface area (Å²) in [4.78, 5) is 38.6. The third-order valence-corrected chi connectivity index (χ3v) is 5.77. The first-order valence-electron chi connectivity index (χ1n) is 10.7. The summed E-state index contributed by atoms with van der Waals surface area (Å²) in [5.74, 6) is 0.924. The van der Waals surface area contributed by atoms with Crippen molar-refractivity contribution in [3.05, 3.63) is 76.5 Å². The maximum atomic E-state index is 12.5. The summed E-state index contributed by atoms with van der Waals surface area (Å²) < 4.78 is 0. The molecule has 160 valence electrons. The SMILES string of the molecule is Cc1nc(-c2ccncc2)[nH]c(=O)c1CCC(=O)NCC1CCN(c2ccccc2)C1. The number of H-pyrrole nitrogens is 1. The molecule has 0 spiro atoms. The van der Waals surface area contributed by atoms with Gasteiger partial charge in [-0.1, -0.05) is 18.2 Å². The van der Waals surface area contributed by atoms with Crippen molar-refractivity contribution >= 4 is 11.6 Å². The highest BCUT2D eigenvalue weighted by Crippen LogP contribution is 2.23. The zero-order valence-corrected chi connectivity index (χ0v) is 17.7. The van der Waals surface area contributed by atoms with Crippen LogP contribution in [0.4, 0.5) is 5.69 Å². The van der Waals surface area contributed by atoms with Gasteiger partial charge in [0.05, 0.1) is 0 Å². The average molecular weight is 418 g/mol. The minimum atomic E-state index is -0.193. The molecule has 4 rings (SSSR count). The maximum Gasteiger partial charge on any atom is 0.254 e. The van der Waals surface area contributed by atoms with Gasteiger partial charge in [0.25, 0.3) is 5.56 Å². The Morgan fingerprint density at radius 1 is 1.19 bits per heavy atom. The molecule has 1 unspecified atom stereocenters. The number of para-hydroxylation sites is 1. The zero-order chi connectivity index (χ0) is 21.6. The van der Waals surface area contributed by atoms with E-state index in [0.717, 1.165) is 25.1 Å². The highest BCUT2D eigenvalue weighted by atomic mass is 16.1. The lowest BCUT2D eigenvalue weighted by Crippen LogP contribution is -2.31. The van der Waals surface area contributed by atoms with E-state index in [2.05, 4.69) is 37.3 Å². The molecule has 1 aliphatic heterocycles. The molecular formula is C24H27N5O2. The summed E-state index contributed by atoms with van der Waals surface area (Å²) in [6, 6.07) is 14.0. The minimum absolute atomic E-state index is 0.0322. The Hall–Kier alpha value is -3.48. The highest BCUT2D eigenvalue weighted by Gasteiger charge is 2.23. The number of carbonyl (C=O) groups is 1. The topological polar surface area (TPSA) is 91.0 Å². The molecule has 1 fully saturated rings. The second-order valence-corrected chi connectivity index (χ2v) is 7.95. The van der Waals surface area contributed by atoms with Crippen molar-refractivity contribution in [2.24, 2.45) is 5.92 Å². The number of rotatable bonds is 7. The minimum Gasteiger partial charge on any atom is -0.371 e. The van der Waals surface area contributed by atoms with Gasteiger partial charge in [0.2, 0.25) is 5.91 Å². The van der Waals surface area contributed by atoms with Gasteiger partial charge in [-0.25, -0.2) is 4.98 Å². The first kappa shape index (κ1) is 20.8. The summed E-state index contributed by atoms with van der Waals surface area (Å²) in [6.07, 6.45) is 5.03. The van der Waals surface area contributed by atoms with Crippen LogP contribution in [0.25, 0.3) is 11.4 Å². The van der Waals surface area contributed by atoms with Crippen molar-refractivity contribution in [3.8, 4) is 11.4 Å². The normalized spacial score (nSPS) is 15.8. The Balaban J connectivity index is 1.28. The van der Waals surface area contributed by atoms with E-state index in [1.54, 1.807) is 24.5 Å². The molecule has 1 atom stereocenters. The number of amides is 1. The number of aromatic nitrogens is 3. The largest absolute Gasteiger partial charge is 0.371 e. The van der Waals surface area contributed by atoms with Gasteiger partial charge in [0, 0.05) is 61.0 Å². The number of carbonyl (C=O) groups excluding carboxylic acids is 1. The van der Waals surface area contributed by atoms with E-state index in [0.29, 0.717) is 36.0 Å². The fourth-order valence-electron chi connectivity index (χ4n) is 4.01. The van der Waals surface area contributed by atoms with E-state index >= 15 is 0 Å². The number of pyridine rings is 1. The Labute approximate surface area is 181 Å². The fraction of sp³-hybridized carbons (Fsp3) is 0.333. The third kappa shape index (κ3) is 5.17. The number of aryl methyl sites for hydroxylation is 1. The van der Waals surface area contributed by atoms with E-state index in [4.69, 9.17) is 0 Å². The molecule has 3 aromatic rings. The lowest BCUT2D eigenvalue weighted by atomic mass is 10.1. The molecule has 0 radical (unpaired) electrons. The standard InChI is InChI=1S/C24H27N5O2/c1-17-21(24(31)28-23(27-17)19-9-12-25-13-10-19)7-8-22(30)26-15-18-11-14-29(16-18)20-5-3-2-4-6-20/h2-6,9-10,12-13,18H,7-8,11,14-16H2,1H3,(H,26,30)(H,27,28,31). The molecule has 1 aliphatic rings. The van der Waals surface area contributed by atoms with Gasteiger partial charge in [-0.2, -0.15) is 0 Å². The predicted octanol–water partition coefficient (Wildman–Crippen LogP) is 2.72. The molecular weight excluding hydrogens is 390 g/mol. The van der Waals surface area contributed by atoms with Crippen molar-refractivity contribution in [3.63, 3.8) is 0 Å². The molecule has 31 heavy (non-hydrogen) atoms. The van der Waals surface area contributed by atoms with Crippen LogP contribution in [-0.4, -0.2) is 40.5 Å². The lowest BCUT2D eigenvalue weighted by Gasteiger charge is -2.18. The number of nitrogens with zero attached hydrogens (tertiary/aromatic N) is 3. The van der Waals surface area contributed by atoms with Crippen LogP contribution >= 0.6 is 0 Å². The van der Waals surface area contributed by atoms with Gasteiger partial charge in [0.15, 0.2) is 0 Å². The number of benzene rings is 1. The van der Waals surface area contributed by atoms with E-state index in [1.165, 1.54) is 5.69 Å². The number of aromatic amines is 1. The number of nitrogens with one attached hydrogen (secondary N) is 2. The van der Waals surface area contributed by atoms with Crippen LogP contribution in [0.5, 0.6) is 0 Å². The van der Waals surface area contributed by atoms with Crippen LogP contribution < -0.4 is 15.8 Å². The summed E-state index contributed by atoms with van der Waals surface area (Å²) in [7, 11) is 0. The van der Waals surface area contributed by atoms with Gasteiger partial charge >= 0.3 is 0 Å². The molecule has 7 nitrogen and oxygen atoms in total. The van der Waals surface area contributed by atoms with Crippen molar-refractivity contribution in [2.75, 3.05) is 24.5 Å². The maximum absolute atomic E-state index is 12.5. The smallest absolute Gasteiger partial charge is 0.254 e. The van der Waals surface area contributed by atoms with Crippen molar-refractivity contribution in [1.82, 2.24) is 20.3 Å². The van der Waals surface area contributed by atoms with Gasteiger partial charge in [-0.15, -0.1) is 0 Å². The highest BCUT2D eigenvalue weighted by molar-refractivity contribution is 5.76. The summed E-state index contributed by atoms with van der Waals surface area (Å²) >= 11 is 0. The number of anilines is 1. The summed E-state index contributed by atoms with van der Waals surface area (Å²) in [6.45, 7) is 4.43. The van der Waals surface area contributed by atoms with Crippen molar-refractivity contribution < 1.29 is 4.79 Å². The number of hydrogen-bond donors (Lipinski definition) is 2. The molecule has 1 amide bonds. The average Bonchev–Trinajstić information content (AvgIpc) is 3.27. The molecule has 7 heteroatoms. The Morgan fingerprint density at radius 2 is 1.97 bits per heavy atom. The van der Waals surface area contributed by atoms with Crippen LogP contribution in [-0.2, 0) is 11.2 Å². The Bertz CT molecular complexity index is 1080. The van der Waals surface area contributed by atoms with E-state index in [9.17, 15) is 9.59 Å². The van der Waals surface area contributed by atoms with E-state index in [-0.39, 0.29) is 17.9 Å². The van der Waals surface area contributed by atoms with Crippen molar-refractivity contribution in [1.29, 1.82) is 0 Å². The zero-order valence-electron chi connectivity index (χ0n) is 17.7. The molecule has 0 bridgehead atoms. The quantitative estimate of drug-likeness (QED) is 0.617. The van der Waals surface area contributed by atoms with Crippen LogP contribution in [0.3, 0.4) is 0 Å². The van der Waals surface area contributed by atoms with Gasteiger partial charge in [0.1, 0.15) is 5.82 Å². The fourth-order valence-corrected chi connectivity index (χ4v) is 4.01. The Morgan fingerprint density at radius 3 is 2.71 bits per heavy atom. The van der Waals surface area contributed by atoms with Crippen LogP contribution in [0.2, 0.25) is 0 Å². The second-order valence-electron chi connectivity index (χ2n) is 7.95. The molecule has 2 aromatic heterocycles. The van der Waals surface area contributed by atoms with Crippen LogP contribution in [0.1, 0.15) is 24.1 Å². The molecule has 3 heterocycles. The van der Waals surface area contributed by atoms with Gasteiger partial charge in [-0.3, -0.25) is 14.6 Å². The molecule has 0 aliphatic carbocycles. The van der Waals surface area contributed by atoms with E-state index < -0.39 is 0 Å². The van der Waals surface area contributed by atoms with E-state index in [1.807, 2.05) is 25.1 Å². The molecule has 2 N–H and O–H groups in total. The molecule has 0 saturated carbocycles. The van der Waals surface area contributed by atoms with Gasteiger partial charge < -0.3 is 15.2 Å².